The molecule has 132 valence electrons. The summed E-state index contributed by atoms with van der Waals surface area (Å²) in [7, 11) is -4.40. The van der Waals surface area contributed by atoms with E-state index in [-0.39, 0.29) is 21.2 Å². The molecule has 0 saturated heterocycles. The van der Waals surface area contributed by atoms with Gasteiger partial charge in [-0.3, -0.25) is 0 Å². The number of hydrogen-bond acceptors (Lipinski definition) is 4. The van der Waals surface area contributed by atoms with Crippen LogP contribution in [0, 0.1) is 7.14 Å². The lowest BCUT2D eigenvalue weighted by Crippen LogP contribution is -3.61. The van der Waals surface area contributed by atoms with Gasteiger partial charge in [0.15, 0.2) is 17.3 Å². The van der Waals surface area contributed by atoms with Gasteiger partial charge in [0, 0.05) is 10.5 Å². The van der Waals surface area contributed by atoms with Crippen LogP contribution >= 0.6 is 15.9 Å². The SMILES string of the molecule is COc1ccc([I+]c2cccc(Br)c2)cc1.O=S(=O)([O-])C(F)(F)F. The smallest absolute Gasteiger partial charge is 0.485 e. The van der Waals surface area contributed by atoms with Crippen LogP contribution in [0.1, 0.15) is 0 Å². The molecule has 0 atom stereocenters. The Kier molecular flexibility index (Phi) is 7.96. The highest BCUT2D eigenvalue weighted by Crippen LogP contribution is 2.20. The first-order chi connectivity index (χ1) is 11.0. The Morgan fingerprint density at radius 3 is 2.04 bits per heavy atom. The van der Waals surface area contributed by atoms with Crippen molar-refractivity contribution in [3.63, 3.8) is 0 Å². The summed E-state index contributed by atoms with van der Waals surface area (Å²) in [5, 5.41) is 0. The normalized spacial score (nSPS) is 11.4. The van der Waals surface area contributed by atoms with Crippen molar-refractivity contribution in [2.75, 3.05) is 7.11 Å². The van der Waals surface area contributed by atoms with E-state index in [1.165, 1.54) is 7.14 Å². The van der Waals surface area contributed by atoms with E-state index in [1.807, 2.05) is 12.1 Å². The summed E-state index contributed by atoms with van der Waals surface area (Å²) in [5.41, 5.74) is -5.65. The van der Waals surface area contributed by atoms with Crippen molar-refractivity contribution in [3.05, 3.63) is 60.1 Å². The standard InChI is InChI=1S/C13H11BrIO.CHF3O3S/c1-16-13-7-5-11(6-8-13)15-12-4-2-3-10(14)9-12;2-1(3,4)8(5,6)7/h2-9H,1H3;(H,5,6,7)/q+1;/p-1. The maximum atomic E-state index is 10.7. The van der Waals surface area contributed by atoms with Crippen molar-refractivity contribution < 1.29 is 52.1 Å². The summed E-state index contributed by atoms with van der Waals surface area (Å²) in [6.45, 7) is 0. The molecule has 0 N–H and O–H groups in total. The molecule has 0 aromatic heterocycles. The highest BCUT2D eigenvalue weighted by atomic mass is 127. The van der Waals surface area contributed by atoms with Gasteiger partial charge in [0.2, 0.25) is 0 Å². The molecular weight excluding hydrogens is 528 g/mol. The van der Waals surface area contributed by atoms with Gasteiger partial charge < -0.3 is 9.29 Å². The van der Waals surface area contributed by atoms with Crippen LogP contribution in [-0.2, 0) is 10.1 Å². The Morgan fingerprint density at radius 1 is 1.08 bits per heavy atom. The number of hydrogen-bond donors (Lipinski definition) is 0. The fourth-order valence-corrected chi connectivity index (χ4v) is 4.42. The van der Waals surface area contributed by atoms with Crippen molar-refractivity contribution in [2.24, 2.45) is 0 Å². The van der Waals surface area contributed by atoms with Crippen molar-refractivity contribution in [3.8, 4) is 5.75 Å². The van der Waals surface area contributed by atoms with E-state index in [9.17, 15) is 13.2 Å². The third-order valence-electron chi connectivity index (χ3n) is 2.34. The molecular formula is C14H11BrF3IO4S. The van der Waals surface area contributed by atoms with Crippen molar-refractivity contribution >= 4 is 26.0 Å². The summed E-state index contributed by atoms with van der Waals surface area (Å²) in [5.74, 6) is 0.919. The molecule has 0 heterocycles. The molecule has 4 nitrogen and oxygen atoms in total. The molecule has 2 aromatic carbocycles. The van der Waals surface area contributed by atoms with Gasteiger partial charge in [-0.2, -0.15) is 13.2 Å². The molecule has 0 saturated carbocycles. The molecule has 0 amide bonds. The van der Waals surface area contributed by atoms with E-state index >= 15 is 0 Å². The Balaban J connectivity index is 0.000000307. The summed E-state index contributed by atoms with van der Waals surface area (Å²) in [6, 6.07) is 16.9. The molecule has 0 aliphatic heterocycles. The highest BCUT2D eigenvalue weighted by Gasteiger charge is 2.36. The molecule has 0 unspecified atom stereocenters. The van der Waals surface area contributed by atoms with Gasteiger partial charge in [-0.1, -0.05) is 22.0 Å². The number of ether oxygens (including phenoxy) is 1. The van der Waals surface area contributed by atoms with Gasteiger partial charge in [0.25, 0.3) is 0 Å². The second-order valence-corrected chi connectivity index (χ2v) is 9.41. The molecule has 24 heavy (non-hydrogen) atoms. The summed E-state index contributed by atoms with van der Waals surface area (Å²) >= 11 is 3.40. The van der Waals surface area contributed by atoms with E-state index in [2.05, 4.69) is 52.3 Å². The van der Waals surface area contributed by atoms with Crippen LogP contribution in [0.25, 0.3) is 0 Å². The minimum absolute atomic E-state index is 0.0917. The largest absolute Gasteiger partial charge is 0.741 e. The molecule has 0 aliphatic carbocycles. The third kappa shape index (κ3) is 7.36. The quantitative estimate of drug-likeness (QED) is 0.327. The molecule has 10 heteroatoms. The van der Waals surface area contributed by atoms with Gasteiger partial charge in [-0.25, -0.2) is 8.42 Å². The fourth-order valence-electron chi connectivity index (χ4n) is 1.28. The average molecular weight is 539 g/mol. The predicted molar refractivity (Wildman–Crippen MR) is 80.3 cm³/mol. The van der Waals surface area contributed by atoms with Crippen molar-refractivity contribution in [1.82, 2.24) is 0 Å². The Hall–Kier alpha value is -0.850. The molecule has 2 aromatic rings. The first kappa shape index (κ1) is 21.2. The Bertz CT molecular complexity index is 764. The maximum Gasteiger partial charge on any atom is 0.485 e. The topological polar surface area (TPSA) is 66.4 Å². The zero-order valence-corrected chi connectivity index (χ0v) is 16.6. The third-order valence-corrected chi connectivity index (χ3v) is 6.03. The maximum absolute atomic E-state index is 10.7. The molecule has 0 radical (unpaired) electrons. The van der Waals surface area contributed by atoms with Gasteiger partial charge in [0.1, 0.15) is 5.75 Å². The van der Waals surface area contributed by atoms with Gasteiger partial charge >= 0.3 is 26.7 Å². The summed E-state index contributed by atoms with van der Waals surface area (Å²) in [4.78, 5) is 0. The molecule has 0 fully saturated rings. The molecule has 2 rings (SSSR count). The minimum atomic E-state index is -6.09. The van der Waals surface area contributed by atoms with Crippen molar-refractivity contribution in [2.45, 2.75) is 5.51 Å². The van der Waals surface area contributed by atoms with Crippen LogP contribution in [-0.4, -0.2) is 25.6 Å². The molecule has 0 aliphatic rings. The summed E-state index contributed by atoms with van der Waals surface area (Å²) in [6.07, 6.45) is 0. The van der Waals surface area contributed by atoms with E-state index in [0.29, 0.717) is 0 Å². The number of methoxy groups -OCH3 is 1. The first-order valence-electron chi connectivity index (χ1n) is 6.09. The van der Waals surface area contributed by atoms with E-state index in [0.717, 1.165) is 10.2 Å². The monoisotopic (exact) mass is 538 g/mol. The average Bonchev–Trinajstić information content (AvgIpc) is 2.47. The number of rotatable bonds is 3. The zero-order chi connectivity index (χ0) is 18.4. The Morgan fingerprint density at radius 2 is 1.62 bits per heavy atom. The summed E-state index contributed by atoms with van der Waals surface area (Å²) < 4.78 is 68.0. The van der Waals surface area contributed by atoms with Crippen LogP contribution < -0.4 is 25.9 Å². The van der Waals surface area contributed by atoms with Crippen LogP contribution in [0.3, 0.4) is 0 Å². The zero-order valence-electron chi connectivity index (χ0n) is 12.0. The predicted octanol–water partition coefficient (Wildman–Crippen LogP) is 0.638. The lowest BCUT2D eigenvalue weighted by Gasteiger charge is -2.08. The lowest BCUT2D eigenvalue weighted by molar-refractivity contribution is -0.597. The minimum Gasteiger partial charge on any atom is -0.741 e. The lowest BCUT2D eigenvalue weighted by atomic mass is 10.3. The van der Waals surface area contributed by atoms with Gasteiger partial charge in [-0.05, 0) is 36.4 Å². The van der Waals surface area contributed by atoms with E-state index in [4.69, 9.17) is 17.7 Å². The fraction of sp³-hybridized carbons (Fsp3) is 0.143. The van der Waals surface area contributed by atoms with Crippen LogP contribution in [0.5, 0.6) is 5.75 Å². The van der Waals surface area contributed by atoms with E-state index in [1.54, 1.807) is 7.11 Å². The van der Waals surface area contributed by atoms with Crippen molar-refractivity contribution in [1.29, 1.82) is 0 Å². The molecule has 0 bridgehead atoms. The van der Waals surface area contributed by atoms with Crippen LogP contribution in [0.4, 0.5) is 13.2 Å². The second kappa shape index (κ2) is 9.02. The number of halogens is 5. The highest BCUT2D eigenvalue weighted by molar-refractivity contribution is 9.10. The van der Waals surface area contributed by atoms with Crippen LogP contribution in [0.2, 0.25) is 0 Å². The van der Waals surface area contributed by atoms with Crippen LogP contribution in [0.15, 0.2) is 53.0 Å². The Labute approximate surface area is 156 Å². The number of benzene rings is 2. The van der Waals surface area contributed by atoms with E-state index < -0.39 is 15.6 Å². The molecule has 0 spiro atoms. The van der Waals surface area contributed by atoms with Gasteiger partial charge in [0.05, 0.1) is 7.11 Å². The number of alkyl halides is 3. The second-order valence-electron chi connectivity index (χ2n) is 4.09. The first-order valence-corrected chi connectivity index (χ1v) is 10.5. The van der Waals surface area contributed by atoms with Gasteiger partial charge in [-0.15, -0.1) is 0 Å².